The molecule has 2 aromatic heterocycles. The molecule has 0 saturated carbocycles. The minimum atomic E-state index is 0.0364. The van der Waals surface area contributed by atoms with Crippen LogP contribution in [-0.2, 0) is 7.05 Å². The Morgan fingerprint density at radius 3 is 2.86 bits per heavy atom. The summed E-state index contributed by atoms with van der Waals surface area (Å²) in [6.07, 6.45) is 1.62. The van der Waals surface area contributed by atoms with Crippen LogP contribution in [0.25, 0.3) is 0 Å². The van der Waals surface area contributed by atoms with Crippen molar-refractivity contribution in [3.05, 3.63) is 40.1 Å². The molecule has 0 radical (unpaired) electrons. The quantitative estimate of drug-likeness (QED) is 0.705. The van der Waals surface area contributed by atoms with Crippen molar-refractivity contribution in [1.82, 2.24) is 9.55 Å². The number of hydrogen-bond acceptors (Lipinski definition) is 3. The largest absolute Gasteiger partial charge is 0.329 e. The van der Waals surface area contributed by atoms with Gasteiger partial charge >= 0.3 is 0 Å². The van der Waals surface area contributed by atoms with Gasteiger partial charge in [-0.05, 0) is 18.4 Å². The van der Waals surface area contributed by atoms with Crippen LogP contribution >= 0.6 is 11.3 Å². The molecule has 0 unspecified atom stereocenters. The van der Waals surface area contributed by atoms with E-state index >= 15 is 0 Å². The number of imidazole rings is 1. The minimum absolute atomic E-state index is 0.0364. The van der Waals surface area contributed by atoms with Gasteiger partial charge in [-0.25, -0.2) is 4.98 Å². The zero-order chi connectivity index (χ0) is 10.1. The van der Waals surface area contributed by atoms with Crippen molar-refractivity contribution in [2.45, 2.75) is 6.92 Å². The summed E-state index contributed by atoms with van der Waals surface area (Å²) in [5, 5.41) is 3.75. The number of nitrogens with zero attached hydrogens (tertiary/aromatic N) is 2. The fourth-order valence-corrected chi connectivity index (χ4v) is 1.89. The van der Waals surface area contributed by atoms with Gasteiger partial charge in [0.1, 0.15) is 11.5 Å². The monoisotopic (exact) mass is 206 g/mol. The standard InChI is InChI=1S/C10H10N2OS/c1-7-11-5-9(12(7)2)10(13)8-3-4-14-6-8/h3-6H,1-2H3. The van der Waals surface area contributed by atoms with Gasteiger partial charge in [-0.1, -0.05) is 0 Å². The Bertz CT molecular complexity index is 456. The second-order valence-corrected chi connectivity index (χ2v) is 3.87. The van der Waals surface area contributed by atoms with Crippen LogP contribution in [0, 0.1) is 6.92 Å². The second kappa shape index (κ2) is 3.38. The zero-order valence-electron chi connectivity index (χ0n) is 8.02. The van der Waals surface area contributed by atoms with Gasteiger partial charge in [-0.2, -0.15) is 11.3 Å². The third-order valence-electron chi connectivity index (χ3n) is 2.24. The number of aromatic nitrogens is 2. The smallest absolute Gasteiger partial charge is 0.211 e. The van der Waals surface area contributed by atoms with Crippen LogP contribution < -0.4 is 0 Å². The van der Waals surface area contributed by atoms with Crippen LogP contribution in [0.2, 0.25) is 0 Å². The van der Waals surface area contributed by atoms with E-state index < -0.39 is 0 Å². The fraction of sp³-hybridized carbons (Fsp3) is 0.200. The highest BCUT2D eigenvalue weighted by atomic mass is 32.1. The van der Waals surface area contributed by atoms with Crippen LogP contribution in [0.4, 0.5) is 0 Å². The van der Waals surface area contributed by atoms with Crippen LogP contribution in [0.1, 0.15) is 21.9 Å². The summed E-state index contributed by atoms with van der Waals surface area (Å²) in [6, 6.07) is 1.83. The molecule has 0 saturated heterocycles. The number of thiophene rings is 1. The highest BCUT2D eigenvalue weighted by Gasteiger charge is 2.14. The van der Waals surface area contributed by atoms with E-state index in [1.165, 1.54) is 11.3 Å². The number of rotatable bonds is 2. The Labute approximate surface area is 86.0 Å². The van der Waals surface area contributed by atoms with Crippen LogP contribution in [0.5, 0.6) is 0 Å². The SMILES string of the molecule is Cc1ncc(C(=O)c2ccsc2)n1C. The number of carbonyl (C=O) groups is 1. The first-order valence-electron chi connectivity index (χ1n) is 4.25. The fourth-order valence-electron chi connectivity index (χ4n) is 1.25. The van der Waals surface area contributed by atoms with Crippen molar-refractivity contribution >= 4 is 17.1 Å². The van der Waals surface area contributed by atoms with E-state index in [2.05, 4.69) is 4.98 Å². The first-order valence-corrected chi connectivity index (χ1v) is 5.19. The van der Waals surface area contributed by atoms with Crippen LogP contribution in [0.3, 0.4) is 0 Å². The van der Waals surface area contributed by atoms with E-state index in [0.29, 0.717) is 5.69 Å². The van der Waals surface area contributed by atoms with Crippen molar-refractivity contribution in [1.29, 1.82) is 0 Å². The first-order chi connectivity index (χ1) is 6.70. The average molecular weight is 206 g/mol. The third kappa shape index (κ3) is 1.37. The molecule has 0 aliphatic carbocycles. The van der Waals surface area contributed by atoms with Crippen molar-refractivity contribution in [3.63, 3.8) is 0 Å². The van der Waals surface area contributed by atoms with Gasteiger partial charge in [0.15, 0.2) is 0 Å². The molecule has 0 spiro atoms. The van der Waals surface area contributed by atoms with Gasteiger partial charge in [0.05, 0.1) is 6.20 Å². The van der Waals surface area contributed by atoms with Crippen molar-refractivity contribution < 1.29 is 4.79 Å². The molecule has 0 aliphatic rings. The topological polar surface area (TPSA) is 34.9 Å². The zero-order valence-corrected chi connectivity index (χ0v) is 8.84. The molecule has 2 rings (SSSR count). The molecule has 0 atom stereocenters. The van der Waals surface area contributed by atoms with Gasteiger partial charge in [-0.15, -0.1) is 0 Å². The Morgan fingerprint density at radius 1 is 1.57 bits per heavy atom. The lowest BCUT2D eigenvalue weighted by molar-refractivity contribution is 0.103. The van der Waals surface area contributed by atoms with E-state index in [-0.39, 0.29) is 5.78 Å². The Kier molecular flexibility index (Phi) is 2.21. The molecule has 14 heavy (non-hydrogen) atoms. The van der Waals surface area contributed by atoms with E-state index in [0.717, 1.165) is 11.4 Å². The molecule has 0 aliphatic heterocycles. The number of carbonyl (C=O) groups excluding carboxylic acids is 1. The molecule has 3 nitrogen and oxygen atoms in total. The summed E-state index contributed by atoms with van der Waals surface area (Å²) < 4.78 is 1.81. The lowest BCUT2D eigenvalue weighted by Crippen LogP contribution is -2.06. The van der Waals surface area contributed by atoms with Crippen molar-refractivity contribution in [2.75, 3.05) is 0 Å². The Balaban J connectivity index is 2.42. The molecule has 72 valence electrons. The first kappa shape index (κ1) is 9.15. The lowest BCUT2D eigenvalue weighted by Gasteiger charge is -2.00. The number of aryl methyl sites for hydroxylation is 1. The van der Waals surface area contributed by atoms with Gasteiger partial charge < -0.3 is 4.57 Å². The van der Waals surface area contributed by atoms with E-state index in [9.17, 15) is 4.79 Å². The molecule has 0 amide bonds. The highest BCUT2D eigenvalue weighted by Crippen LogP contribution is 2.13. The van der Waals surface area contributed by atoms with Crippen molar-refractivity contribution in [2.24, 2.45) is 7.05 Å². The highest BCUT2D eigenvalue weighted by molar-refractivity contribution is 7.08. The molecule has 2 aromatic rings. The van der Waals surface area contributed by atoms with Crippen LogP contribution in [-0.4, -0.2) is 15.3 Å². The minimum Gasteiger partial charge on any atom is -0.329 e. The van der Waals surface area contributed by atoms with E-state index in [1.807, 2.05) is 30.8 Å². The predicted molar refractivity (Wildman–Crippen MR) is 55.7 cm³/mol. The van der Waals surface area contributed by atoms with E-state index in [1.54, 1.807) is 10.8 Å². The third-order valence-corrected chi connectivity index (χ3v) is 2.92. The van der Waals surface area contributed by atoms with Gasteiger partial charge in [-0.3, -0.25) is 4.79 Å². The summed E-state index contributed by atoms with van der Waals surface area (Å²) in [5.74, 6) is 0.887. The van der Waals surface area contributed by atoms with Gasteiger partial charge in [0.2, 0.25) is 5.78 Å². The predicted octanol–water partition coefficient (Wildman–Crippen LogP) is 2.02. The van der Waals surface area contributed by atoms with E-state index in [4.69, 9.17) is 0 Å². The Hall–Kier alpha value is -1.42. The summed E-state index contributed by atoms with van der Waals surface area (Å²) in [5.41, 5.74) is 1.37. The Morgan fingerprint density at radius 2 is 2.36 bits per heavy atom. The summed E-state index contributed by atoms with van der Waals surface area (Å²) in [6.45, 7) is 1.88. The molecule has 4 heteroatoms. The number of ketones is 1. The average Bonchev–Trinajstić information content (AvgIpc) is 2.77. The summed E-state index contributed by atoms with van der Waals surface area (Å²) in [4.78, 5) is 16.0. The van der Waals surface area contributed by atoms with Crippen molar-refractivity contribution in [3.8, 4) is 0 Å². The molecular weight excluding hydrogens is 196 g/mol. The molecule has 0 fully saturated rings. The molecular formula is C10H10N2OS. The maximum Gasteiger partial charge on any atom is 0.211 e. The number of hydrogen-bond donors (Lipinski definition) is 0. The maximum absolute atomic E-state index is 11.9. The summed E-state index contributed by atoms with van der Waals surface area (Å²) in [7, 11) is 1.85. The molecule has 2 heterocycles. The van der Waals surface area contributed by atoms with Gasteiger partial charge in [0.25, 0.3) is 0 Å². The molecule has 0 aromatic carbocycles. The summed E-state index contributed by atoms with van der Waals surface area (Å²) >= 11 is 1.52. The second-order valence-electron chi connectivity index (χ2n) is 3.09. The maximum atomic E-state index is 11.9. The van der Waals surface area contributed by atoms with Gasteiger partial charge in [0, 0.05) is 18.0 Å². The lowest BCUT2D eigenvalue weighted by atomic mass is 10.2. The molecule has 0 N–H and O–H groups in total. The molecule has 0 bridgehead atoms. The normalized spacial score (nSPS) is 10.4. The van der Waals surface area contributed by atoms with Crippen LogP contribution in [0.15, 0.2) is 23.0 Å².